The predicted octanol–water partition coefficient (Wildman–Crippen LogP) is 4.21. The SMILES string of the molecule is C[C@H]1C[C@H]1C(=O)N1Cc2ccccc2C2(CCN(CC3CCCC3)CC2)C1. The third kappa shape index (κ3) is 3.33. The summed E-state index contributed by atoms with van der Waals surface area (Å²) in [6.45, 7) is 7.70. The molecule has 0 aromatic heterocycles. The molecule has 1 saturated heterocycles. The smallest absolute Gasteiger partial charge is 0.226 e. The van der Waals surface area contributed by atoms with Crippen molar-refractivity contribution in [1.82, 2.24) is 9.80 Å². The summed E-state index contributed by atoms with van der Waals surface area (Å²) in [4.78, 5) is 17.9. The summed E-state index contributed by atoms with van der Waals surface area (Å²) in [6.07, 6.45) is 9.26. The zero-order valence-corrected chi connectivity index (χ0v) is 16.8. The number of fused-ring (bicyclic) bond motifs is 2. The summed E-state index contributed by atoms with van der Waals surface area (Å²) in [7, 11) is 0. The number of hydrogen-bond donors (Lipinski definition) is 0. The second kappa shape index (κ2) is 6.92. The number of piperidine rings is 1. The maximum Gasteiger partial charge on any atom is 0.226 e. The average molecular weight is 367 g/mol. The lowest BCUT2D eigenvalue weighted by Gasteiger charge is -2.49. The van der Waals surface area contributed by atoms with Gasteiger partial charge in [0, 0.05) is 31.0 Å². The van der Waals surface area contributed by atoms with Crippen molar-refractivity contribution in [2.75, 3.05) is 26.2 Å². The summed E-state index contributed by atoms with van der Waals surface area (Å²) in [5, 5.41) is 0. The molecule has 146 valence electrons. The molecule has 0 bridgehead atoms. The Kier molecular flexibility index (Phi) is 4.54. The molecule has 1 aromatic carbocycles. The summed E-state index contributed by atoms with van der Waals surface area (Å²) in [5.74, 6) is 2.26. The fourth-order valence-corrected chi connectivity index (χ4v) is 6.09. The van der Waals surface area contributed by atoms with Gasteiger partial charge in [0.15, 0.2) is 0 Å². The zero-order chi connectivity index (χ0) is 18.4. The minimum Gasteiger partial charge on any atom is -0.337 e. The van der Waals surface area contributed by atoms with Crippen molar-refractivity contribution in [1.29, 1.82) is 0 Å². The number of benzene rings is 1. The third-order valence-corrected chi connectivity index (χ3v) is 7.99. The Morgan fingerprint density at radius 3 is 2.56 bits per heavy atom. The largest absolute Gasteiger partial charge is 0.337 e. The molecule has 0 N–H and O–H groups in total. The fraction of sp³-hybridized carbons (Fsp3) is 0.708. The predicted molar refractivity (Wildman–Crippen MR) is 108 cm³/mol. The van der Waals surface area contributed by atoms with Gasteiger partial charge in [0.1, 0.15) is 0 Å². The number of amides is 1. The topological polar surface area (TPSA) is 23.6 Å². The second-order valence-corrected chi connectivity index (χ2v) is 9.90. The Bertz CT molecular complexity index is 700. The van der Waals surface area contributed by atoms with Crippen LogP contribution >= 0.6 is 0 Å². The van der Waals surface area contributed by atoms with Crippen LogP contribution in [0.3, 0.4) is 0 Å². The number of nitrogens with zero attached hydrogens (tertiary/aromatic N) is 2. The van der Waals surface area contributed by atoms with Gasteiger partial charge in [-0.2, -0.15) is 0 Å². The van der Waals surface area contributed by atoms with Crippen LogP contribution in [0.25, 0.3) is 0 Å². The number of hydrogen-bond acceptors (Lipinski definition) is 2. The van der Waals surface area contributed by atoms with Crippen molar-refractivity contribution in [3.8, 4) is 0 Å². The minimum absolute atomic E-state index is 0.189. The molecular weight excluding hydrogens is 332 g/mol. The Balaban J connectivity index is 1.33. The number of rotatable bonds is 3. The maximum absolute atomic E-state index is 13.0. The van der Waals surface area contributed by atoms with Gasteiger partial charge in [-0.1, -0.05) is 44.0 Å². The molecule has 1 spiro atoms. The van der Waals surface area contributed by atoms with Crippen LogP contribution in [0.15, 0.2) is 24.3 Å². The quantitative estimate of drug-likeness (QED) is 0.800. The summed E-state index contributed by atoms with van der Waals surface area (Å²) in [5.41, 5.74) is 3.13. The van der Waals surface area contributed by atoms with Gasteiger partial charge in [0.2, 0.25) is 5.91 Å². The van der Waals surface area contributed by atoms with Crippen molar-refractivity contribution in [3.63, 3.8) is 0 Å². The number of likely N-dealkylation sites (tertiary alicyclic amines) is 1. The number of carbonyl (C=O) groups excluding carboxylic acids is 1. The van der Waals surface area contributed by atoms with E-state index < -0.39 is 0 Å². The van der Waals surface area contributed by atoms with E-state index in [4.69, 9.17) is 0 Å². The van der Waals surface area contributed by atoms with E-state index in [9.17, 15) is 4.79 Å². The van der Waals surface area contributed by atoms with E-state index in [1.807, 2.05) is 0 Å². The van der Waals surface area contributed by atoms with Crippen molar-refractivity contribution in [2.24, 2.45) is 17.8 Å². The van der Waals surface area contributed by atoms with E-state index in [1.165, 1.54) is 63.7 Å². The first-order valence-electron chi connectivity index (χ1n) is 11.2. The molecule has 3 nitrogen and oxygen atoms in total. The highest BCUT2D eigenvalue weighted by molar-refractivity contribution is 5.82. The Hall–Kier alpha value is -1.35. The fourth-order valence-electron chi connectivity index (χ4n) is 6.09. The highest BCUT2D eigenvalue weighted by Crippen LogP contribution is 2.45. The van der Waals surface area contributed by atoms with Gasteiger partial charge < -0.3 is 9.80 Å². The van der Waals surface area contributed by atoms with Crippen LogP contribution in [-0.4, -0.2) is 41.9 Å². The van der Waals surface area contributed by atoms with Gasteiger partial charge in [0.05, 0.1) is 0 Å². The first-order chi connectivity index (χ1) is 13.1. The highest BCUT2D eigenvalue weighted by Gasteiger charge is 2.47. The molecule has 2 atom stereocenters. The standard InChI is InChI=1S/C24H34N2O/c1-18-14-21(18)23(27)26-16-20-8-4-5-9-22(20)24(17-26)10-12-25(13-11-24)15-19-6-2-3-7-19/h4-5,8-9,18-19,21H,2-3,6-7,10-17H2,1H3/t18-,21+/m0/s1. The molecule has 3 heteroatoms. The Morgan fingerprint density at radius 1 is 1.15 bits per heavy atom. The minimum atomic E-state index is 0.189. The van der Waals surface area contributed by atoms with Crippen LogP contribution < -0.4 is 0 Å². The van der Waals surface area contributed by atoms with E-state index in [2.05, 4.69) is 41.0 Å². The third-order valence-electron chi connectivity index (χ3n) is 7.99. The summed E-state index contributed by atoms with van der Waals surface area (Å²) in [6, 6.07) is 8.96. The Morgan fingerprint density at radius 2 is 1.85 bits per heavy atom. The molecule has 2 aliphatic heterocycles. The lowest BCUT2D eigenvalue weighted by molar-refractivity contribution is -0.135. The molecule has 0 radical (unpaired) electrons. The van der Waals surface area contributed by atoms with Gasteiger partial charge in [-0.25, -0.2) is 0 Å². The van der Waals surface area contributed by atoms with E-state index in [0.717, 1.165) is 25.4 Å². The van der Waals surface area contributed by atoms with Gasteiger partial charge in [-0.3, -0.25) is 4.79 Å². The molecule has 3 fully saturated rings. The molecule has 0 unspecified atom stereocenters. The lowest BCUT2D eigenvalue weighted by atomic mass is 9.68. The molecule has 27 heavy (non-hydrogen) atoms. The van der Waals surface area contributed by atoms with E-state index in [-0.39, 0.29) is 5.41 Å². The van der Waals surface area contributed by atoms with Crippen LogP contribution in [-0.2, 0) is 16.8 Å². The number of carbonyl (C=O) groups is 1. The van der Waals surface area contributed by atoms with E-state index in [1.54, 1.807) is 5.56 Å². The summed E-state index contributed by atoms with van der Waals surface area (Å²) >= 11 is 0. The van der Waals surface area contributed by atoms with Crippen LogP contribution in [0.5, 0.6) is 0 Å². The molecule has 2 aliphatic carbocycles. The van der Waals surface area contributed by atoms with Crippen molar-refractivity contribution in [3.05, 3.63) is 35.4 Å². The molecule has 4 aliphatic rings. The summed E-state index contributed by atoms with van der Waals surface area (Å²) < 4.78 is 0. The van der Waals surface area contributed by atoms with Crippen LogP contribution in [0, 0.1) is 17.8 Å². The average Bonchev–Trinajstić information content (AvgIpc) is 3.20. The first-order valence-corrected chi connectivity index (χ1v) is 11.2. The molecular formula is C24H34N2O. The molecule has 1 aromatic rings. The van der Waals surface area contributed by atoms with E-state index >= 15 is 0 Å². The van der Waals surface area contributed by atoms with Crippen LogP contribution in [0.4, 0.5) is 0 Å². The van der Waals surface area contributed by atoms with Crippen molar-refractivity contribution in [2.45, 2.75) is 63.8 Å². The second-order valence-electron chi connectivity index (χ2n) is 9.90. The maximum atomic E-state index is 13.0. The van der Waals surface area contributed by atoms with Gasteiger partial charge in [0.25, 0.3) is 0 Å². The highest BCUT2D eigenvalue weighted by atomic mass is 16.2. The first kappa shape index (κ1) is 17.7. The van der Waals surface area contributed by atoms with E-state index in [0.29, 0.717) is 17.7 Å². The van der Waals surface area contributed by atoms with Gasteiger partial charge in [-0.15, -0.1) is 0 Å². The van der Waals surface area contributed by atoms with Crippen LogP contribution in [0.2, 0.25) is 0 Å². The molecule has 2 heterocycles. The normalized spacial score (nSPS) is 30.5. The Labute approximate surface area is 164 Å². The zero-order valence-electron chi connectivity index (χ0n) is 16.8. The molecule has 2 saturated carbocycles. The lowest BCUT2D eigenvalue weighted by Crippen LogP contribution is -2.54. The van der Waals surface area contributed by atoms with Crippen LogP contribution in [0.1, 0.15) is 63.0 Å². The van der Waals surface area contributed by atoms with Crippen molar-refractivity contribution >= 4 is 5.91 Å². The molecule has 1 amide bonds. The van der Waals surface area contributed by atoms with Gasteiger partial charge in [-0.05, 0) is 68.2 Å². The monoisotopic (exact) mass is 366 g/mol. The van der Waals surface area contributed by atoms with Crippen molar-refractivity contribution < 1.29 is 4.79 Å². The molecule has 5 rings (SSSR count). The van der Waals surface area contributed by atoms with Gasteiger partial charge >= 0.3 is 0 Å².